The van der Waals surface area contributed by atoms with Crippen molar-refractivity contribution in [3.8, 4) is 0 Å². The molecule has 2 rings (SSSR count). The molecule has 0 aliphatic heterocycles. The maximum atomic E-state index is 12.9. The Kier molecular flexibility index (Phi) is 9.33. The first kappa shape index (κ1) is 28.2. The second-order valence-electron chi connectivity index (χ2n) is 9.64. The normalized spacial score (nSPS) is 14.3. The van der Waals surface area contributed by atoms with E-state index in [0.29, 0.717) is 11.1 Å². The number of carboxylic acid groups (broad SMARTS) is 1. The fourth-order valence-electron chi connectivity index (χ4n) is 3.45. The minimum atomic E-state index is -1.22. The molecule has 1 heterocycles. The number of aromatic nitrogens is 1. The van der Waals surface area contributed by atoms with Crippen molar-refractivity contribution in [2.75, 3.05) is 5.75 Å². The zero-order chi connectivity index (χ0) is 26.5. The summed E-state index contributed by atoms with van der Waals surface area (Å²) >= 11 is 3.94. The molecule has 0 radical (unpaired) electrons. The fourth-order valence-corrected chi connectivity index (χ4v) is 3.69. The fraction of sp³-hybridized carbons (Fsp3) is 0.500. The van der Waals surface area contributed by atoms with E-state index in [1.165, 1.54) is 4.57 Å². The molecule has 0 unspecified atom stereocenters. The van der Waals surface area contributed by atoms with Crippen molar-refractivity contribution in [3.05, 3.63) is 36.0 Å². The number of amides is 2. The van der Waals surface area contributed by atoms with Gasteiger partial charge >= 0.3 is 12.1 Å². The Bertz CT molecular complexity index is 1090. The second kappa shape index (κ2) is 11.6. The number of fused-ring (bicyclic) bond motifs is 1. The summed E-state index contributed by atoms with van der Waals surface area (Å²) in [5, 5.41) is 14.9. The van der Waals surface area contributed by atoms with Crippen LogP contribution in [0.25, 0.3) is 10.9 Å². The van der Waals surface area contributed by atoms with E-state index in [0.717, 1.165) is 5.39 Å². The Balaban J connectivity index is 2.21. The lowest BCUT2D eigenvalue weighted by Gasteiger charge is -2.25. The molecule has 10 nitrogen and oxygen atoms in total. The van der Waals surface area contributed by atoms with Gasteiger partial charge in [0.1, 0.15) is 17.7 Å². The van der Waals surface area contributed by atoms with E-state index in [2.05, 4.69) is 23.3 Å². The Morgan fingerprint density at radius 1 is 1.11 bits per heavy atom. The maximum Gasteiger partial charge on any atom is 0.419 e. The summed E-state index contributed by atoms with van der Waals surface area (Å²) in [5.41, 5.74) is 6.78. The number of carboxylic acids is 1. The number of nitrogens with two attached hydrogens (primary N) is 1. The molecule has 35 heavy (non-hydrogen) atoms. The lowest BCUT2D eigenvalue weighted by atomic mass is 10.0. The molecule has 11 heteroatoms. The number of thiol groups is 1. The van der Waals surface area contributed by atoms with Gasteiger partial charge in [0, 0.05) is 17.3 Å². The summed E-state index contributed by atoms with van der Waals surface area (Å²) in [4.78, 5) is 49.4. The van der Waals surface area contributed by atoms with Crippen molar-refractivity contribution in [2.24, 2.45) is 11.7 Å². The van der Waals surface area contributed by atoms with Gasteiger partial charge < -0.3 is 26.2 Å². The number of nitrogens with one attached hydrogen (secondary N) is 2. The SMILES string of the molecule is CC(C)[C@H](NC(=O)[C@@H](N)Cc1cn(C(=O)OC(C)(C)C)c2ccccc12)C(=O)N[C@@H](CS)C(=O)O. The molecule has 0 aliphatic rings. The summed E-state index contributed by atoms with van der Waals surface area (Å²) in [5.74, 6) is -2.86. The monoisotopic (exact) mass is 506 g/mol. The molecule has 0 saturated heterocycles. The van der Waals surface area contributed by atoms with Gasteiger partial charge in [0.15, 0.2) is 0 Å². The van der Waals surface area contributed by atoms with Crippen molar-refractivity contribution in [1.82, 2.24) is 15.2 Å². The maximum absolute atomic E-state index is 12.9. The summed E-state index contributed by atoms with van der Waals surface area (Å²) in [6.07, 6.45) is 1.15. The minimum absolute atomic E-state index is 0.0962. The molecule has 0 spiro atoms. The topological polar surface area (TPSA) is 153 Å². The average Bonchev–Trinajstić information content (AvgIpc) is 3.12. The van der Waals surface area contributed by atoms with E-state index in [9.17, 15) is 19.2 Å². The van der Waals surface area contributed by atoms with Crippen LogP contribution in [-0.4, -0.2) is 63.0 Å². The number of carbonyl (C=O) groups excluding carboxylic acids is 3. The van der Waals surface area contributed by atoms with E-state index >= 15 is 0 Å². The Hall–Kier alpha value is -3.05. The van der Waals surface area contributed by atoms with Crippen LogP contribution in [0, 0.1) is 5.92 Å². The lowest BCUT2D eigenvalue weighted by molar-refractivity contribution is -0.141. The van der Waals surface area contributed by atoms with Crippen LogP contribution in [0.5, 0.6) is 0 Å². The minimum Gasteiger partial charge on any atom is -0.480 e. The molecule has 5 N–H and O–H groups in total. The molecule has 0 fully saturated rings. The van der Waals surface area contributed by atoms with Crippen LogP contribution >= 0.6 is 12.6 Å². The van der Waals surface area contributed by atoms with E-state index in [4.69, 9.17) is 15.6 Å². The highest BCUT2D eigenvalue weighted by atomic mass is 32.1. The van der Waals surface area contributed by atoms with Crippen molar-refractivity contribution in [2.45, 2.75) is 64.8 Å². The Labute approximate surface area is 210 Å². The second-order valence-corrected chi connectivity index (χ2v) is 10.0. The third-order valence-electron chi connectivity index (χ3n) is 5.21. The van der Waals surface area contributed by atoms with Crippen LogP contribution in [0.15, 0.2) is 30.5 Å². The first-order chi connectivity index (χ1) is 16.2. The number of hydrogen-bond acceptors (Lipinski definition) is 7. The van der Waals surface area contributed by atoms with Crippen molar-refractivity contribution in [1.29, 1.82) is 0 Å². The highest BCUT2D eigenvalue weighted by Crippen LogP contribution is 2.24. The van der Waals surface area contributed by atoms with Gasteiger partial charge in [-0.3, -0.25) is 14.2 Å². The number of nitrogens with zero attached hydrogens (tertiary/aromatic N) is 1. The number of carbonyl (C=O) groups is 4. The molecule has 2 aromatic rings. The van der Waals surface area contributed by atoms with E-state index in [1.54, 1.807) is 52.9 Å². The van der Waals surface area contributed by atoms with Crippen LogP contribution in [-0.2, 0) is 25.5 Å². The van der Waals surface area contributed by atoms with Gasteiger partial charge in [0.25, 0.3) is 0 Å². The van der Waals surface area contributed by atoms with Gasteiger partial charge in [0.2, 0.25) is 11.8 Å². The third-order valence-corrected chi connectivity index (χ3v) is 5.57. The molecular weight excluding hydrogens is 472 g/mol. The van der Waals surface area contributed by atoms with Crippen LogP contribution in [0.2, 0.25) is 0 Å². The standard InChI is InChI=1S/C24H34N4O6S/c1-13(2)19(21(30)26-17(12-35)22(31)32)27-20(29)16(25)10-14-11-28(23(33)34-24(3,4)5)18-9-7-6-8-15(14)18/h6-9,11,13,16-17,19,35H,10,12,25H2,1-5H3,(H,26,30)(H,27,29)(H,31,32)/t16-,17-,19-/m0/s1. The zero-order valence-corrected chi connectivity index (χ0v) is 21.5. The summed E-state index contributed by atoms with van der Waals surface area (Å²) in [6.45, 7) is 8.76. The zero-order valence-electron chi connectivity index (χ0n) is 20.6. The molecule has 1 aromatic carbocycles. The molecule has 0 aliphatic carbocycles. The molecule has 0 bridgehead atoms. The van der Waals surface area contributed by atoms with Crippen molar-refractivity contribution >= 4 is 47.4 Å². The number of ether oxygens (including phenoxy) is 1. The van der Waals surface area contributed by atoms with E-state index in [1.807, 2.05) is 12.1 Å². The third kappa shape index (κ3) is 7.46. The number of rotatable bonds is 9. The molecule has 0 saturated carbocycles. The molecule has 192 valence electrons. The molecule has 2 amide bonds. The van der Waals surface area contributed by atoms with Crippen LogP contribution < -0.4 is 16.4 Å². The quantitative estimate of drug-likeness (QED) is 0.326. The first-order valence-electron chi connectivity index (χ1n) is 11.3. The Morgan fingerprint density at radius 2 is 1.74 bits per heavy atom. The van der Waals surface area contributed by atoms with Crippen LogP contribution in [0.3, 0.4) is 0 Å². The average molecular weight is 507 g/mol. The number of aliphatic carboxylic acids is 1. The molecule has 1 aromatic heterocycles. The number of hydrogen-bond donors (Lipinski definition) is 5. The largest absolute Gasteiger partial charge is 0.480 e. The first-order valence-corrected chi connectivity index (χ1v) is 11.9. The van der Waals surface area contributed by atoms with Crippen LogP contribution in [0.1, 0.15) is 40.2 Å². The lowest BCUT2D eigenvalue weighted by Crippen LogP contribution is -2.56. The highest BCUT2D eigenvalue weighted by Gasteiger charge is 2.30. The van der Waals surface area contributed by atoms with Gasteiger partial charge in [0.05, 0.1) is 11.6 Å². The number of para-hydroxylation sites is 1. The summed E-state index contributed by atoms with van der Waals surface area (Å²) < 4.78 is 6.87. The van der Waals surface area contributed by atoms with Gasteiger partial charge in [-0.25, -0.2) is 9.59 Å². The van der Waals surface area contributed by atoms with Gasteiger partial charge in [-0.05, 0) is 44.7 Å². The van der Waals surface area contributed by atoms with Crippen molar-refractivity contribution < 1.29 is 29.0 Å². The summed E-state index contributed by atoms with van der Waals surface area (Å²) in [7, 11) is 0. The number of benzene rings is 1. The van der Waals surface area contributed by atoms with Crippen molar-refractivity contribution in [3.63, 3.8) is 0 Å². The predicted molar refractivity (Wildman–Crippen MR) is 135 cm³/mol. The molecule has 3 atom stereocenters. The van der Waals surface area contributed by atoms with Gasteiger partial charge in [-0.2, -0.15) is 12.6 Å². The Morgan fingerprint density at radius 3 is 2.29 bits per heavy atom. The smallest absolute Gasteiger partial charge is 0.419 e. The molecular formula is C24H34N4O6S. The summed E-state index contributed by atoms with van der Waals surface area (Å²) in [6, 6.07) is 4.01. The highest BCUT2D eigenvalue weighted by molar-refractivity contribution is 7.80. The van der Waals surface area contributed by atoms with Gasteiger partial charge in [-0.15, -0.1) is 0 Å². The van der Waals surface area contributed by atoms with E-state index in [-0.39, 0.29) is 18.1 Å². The van der Waals surface area contributed by atoms with E-state index < -0.39 is 47.6 Å². The van der Waals surface area contributed by atoms with Crippen LogP contribution in [0.4, 0.5) is 4.79 Å². The van der Waals surface area contributed by atoms with Gasteiger partial charge in [-0.1, -0.05) is 32.0 Å². The predicted octanol–water partition coefficient (Wildman–Crippen LogP) is 1.93.